The second-order valence-electron chi connectivity index (χ2n) is 5.46. The molecule has 0 saturated carbocycles. The van der Waals surface area contributed by atoms with Crippen molar-refractivity contribution in [2.75, 3.05) is 13.7 Å². The van der Waals surface area contributed by atoms with Gasteiger partial charge in [-0.3, -0.25) is 4.99 Å². The van der Waals surface area contributed by atoms with Gasteiger partial charge in [-0.1, -0.05) is 24.2 Å². The van der Waals surface area contributed by atoms with E-state index >= 15 is 0 Å². The minimum Gasteiger partial charge on any atom is -0.494 e. The van der Waals surface area contributed by atoms with Crippen LogP contribution in [0.5, 0.6) is 5.75 Å². The molecule has 0 unspecified atom stereocenters. The van der Waals surface area contributed by atoms with Gasteiger partial charge in [0.2, 0.25) is 0 Å². The Hall–Kier alpha value is -2.50. The van der Waals surface area contributed by atoms with E-state index in [1.165, 1.54) is 5.56 Å². The van der Waals surface area contributed by atoms with E-state index in [0.29, 0.717) is 25.7 Å². The lowest BCUT2D eigenvalue weighted by Gasteiger charge is -2.14. The van der Waals surface area contributed by atoms with Crippen LogP contribution in [0, 0.1) is 6.92 Å². The molecule has 0 spiro atoms. The molecule has 6 nitrogen and oxygen atoms in total. The molecule has 0 bridgehead atoms. The average Bonchev–Trinajstić information content (AvgIpc) is 3.05. The van der Waals surface area contributed by atoms with E-state index in [1.807, 2.05) is 19.9 Å². The largest absolute Gasteiger partial charge is 0.494 e. The van der Waals surface area contributed by atoms with Crippen LogP contribution in [0.25, 0.3) is 0 Å². The normalized spacial score (nSPS) is 11.4. The Balaban J connectivity index is 1.91. The molecule has 6 heteroatoms. The van der Waals surface area contributed by atoms with Gasteiger partial charge in [0.25, 0.3) is 0 Å². The van der Waals surface area contributed by atoms with Crippen molar-refractivity contribution >= 4 is 5.96 Å². The van der Waals surface area contributed by atoms with E-state index in [0.717, 1.165) is 29.2 Å². The molecule has 0 amide bonds. The van der Waals surface area contributed by atoms with Crippen molar-refractivity contribution in [2.45, 2.75) is 40.3 Å². The standard InChI is InChI=1S/C18H26N4O2/c1-5-15-10-16(24-22-15)12-21-18(19-4)20-11-14-8-7-13(3)9-17(14)23-6-2/h7-10H,5-6,11-12H2,1-4H3,(H2,19,20,21). The van der Waals surface area contributed by atoms with Gasteiger partial charge in [-0.2, -0.15) is 0 Å². The molecule has 0 aliphatic rings. The van der Waals surface area contributed by atoms with Gasteiger partial charge in [0, 0.05) is 25.2 Å². The summed E-state index contributed by atoms with van der Waals surface area (Å²) in [5.41, 5.74) is 3.23. The van der Waals surface area contributed by atoms with Crippen molar-refractivity contribution in [1.82, 2.24) is 15.8 Å². The second-order valence-corrected chi connectivity index (χ2v) is 5.46. The van der Waals surface area contributed by atoms with Crippen molar-refractivity contribution in [1.29, 1.82) is 0 Å². The van der Waals surface area contributed by atoms with Crippen molar-refractivity contribution < 1.29 is 9.26 Å². The highest BCUT2D eigenvalue weighted by molar-refractivity contribution is 5.79. The molecule has 130 valence electrons. The molecule has 2 aromatic rings. The lowest BCUT2D eigenvalue weighted by molar-refractivity contribution is 0.336. The van der Waals surface area contributed by atoms with Crippen LogP contribution in [0.15, 0.2) is 33.8 Å². The Bertz CT molecular complexity index is 679. The van der Waals surface area contributed by atoms with Gasteiger partial charge in [0.15, 0.2) is 11.7 Å². The van der Waals surface area contributed by atoms with E-state index in [4.69, 9.17) is 9.26 Å². The first-order chi connectivity index (χ1) is 11.7. The molecule has 0 fully saturated rings. The zero-order chi connectivity index (χ0) is 17.4. The number of hydrogen-bond donors (Lipinski definition) is 2. The summed E-state index contributed by atoms with van der Waals surface area (Å²) in [6, 6.07) is 8.16. The minimum absolute atomic E-state index is 0.541. The molecule has 0 saturated heterocycles. The number of nitrogens with one attached hydrogen (secondary N) is 2. The highest BCUT2D eigenvalue weighted by atomic mass is 16.5. The number of hydrogen-bond acceptors (Lipinski definition) is 4. The van der Waals surface area contributed by atoms with Gasteiger partial charge in [0.05, 0.1) is 18.8 Å². The number of aromatic nitrogens is 1. The third-order valence-electron chi connectivity index (χ3n) is 3.59. The molecule has 0 aliphatic carbocycles. The van der Waals surface area contributed by atoms with Gasteiger partial charge >= 0.3 is 0 Å². The quantitative estimate of drug-likeness (QED) is 0.603. The Labute approximate surface area is 143 Å². The van der Waals surface area contributed by atoms with Gasteiger partial charge in [-0.15, -0.1) is 0 Å². The zero-order valence-corrected chi connectivity index (χ0v) is 14.8. The topological polar surface area (TPSA) is 71.7 Å². The first-order valence-corrected chi connectivity index (χ1v) is 8.27. The summed E-state index contributed by atoms with van der Waals surface area (Å²) < 4.78 is 11.0. The highest BCUT2D eigenvalue weighted by Crippen LogP contribution is 2.20. The fourth-order valence-electron chi connectivity index (χ4n) is 2.27. The lowest BCUT2D eigenvalue weighted by Crippen LogP contribution is -2.36. The Morgan fingerprint density at radius 3 is 2.67 bits per heavy atom. The smallest absolute Gasteiger partial charge is 0.191 e. The molecule has 1 aromatic heterocycles. The van der Waals surface area contributed by atoms with Gasteiger partial charge < -0.3 is 19.9 Å². The van der Waals surface area contributed by atoms with Gasteiger partial charge in [-0.25, -0.2) is 0 Å². The Morgan fingerprint density at radius 2 is 2.00 bits per heavy atom. The first-order valence-electron chi connectivity index (χ1n) is 8.27. The van der Waals surface area contributed by atoms with Crippen LogP contribution < -0.4 is 15.4 Å². The van der Waals surface area contributed by atoms with Crippen molar-refractivity contribution in [3.8, 4) is 5.75 Å². The molecule has 2 rings (SSSR count). The first kappa shape index (κ1) is 17.8. The third kappa shape index (κ3) is 5.01. The summed E-state index contributed by atoms with van der Waals surface area (Å²) in [4.78, 5) is 4.23. The van der Waals surface area contributed by atoms with Crippen LogP contribution in [0.3, 0.4) is 0 Å². The SMILES string of the molecule is CCOc1cc(C)ccc1CNC(=NC)NCc1cc(CC)no1. The van der Waals surface area contributed by atoms with Crippen molar-refractivity contribution in [3.63, 3.8) is 0 Å². The molecular weight excluding hydrogens is 304 g/mol. The maximum absolute atomic E-state index is 5.70. The fraction of sp³-hybridized carbons (Fsp3) is 0.444. The van der Waals surface area contributed by atoms with Crippen LogP contribution in [0.1, 0.15) is 36.4 Å². The molecular formula is C18H26N4O2. The van der Waals surface area contributed by atoms with Gasteiger partial charge in [0.1, 0.15) is 5.75 Å². The molecule has 0 aliphatic heterocycles. The Morgan fingerprint density at radius 1 is 1.21 bits per heavy atom. The van der Waals surface area contributed by atoms with Gasteiger partial charge in [-0.05, 0) is 31.9 Å². The summed E-state index contributed by atoms with van der Waals surface area (Å²) in [5, 5.41) is 10.5. The Kier molecular flexibility index (Phi) is 6.66. The average molecular weight is 330 g/mol. The van der Waals surface area contributed by atoms with Crippen molar-refractivity contribution in [2.24, 2.45) is 4.99 Å². The fourth-order valence-corrected chi connectivity index (χ4v) is 2.27. The maximum atomic E-state index is 5.70. The molecule has 2 N–H and O–H groups in total. The molecule has 0 atom stereocenters. The number of guanidine groups is 1. The second kappa shape index (κ2) is 8.96. The maximum Gasteiger partial charge on any atom is 0.191 e. The summed E-state index contributed by atoms with van der Waals surface area (Å²) in [6.45, 7) is 7.91. The van der Waals surface area contributed by atoms with E-state index in [-0.39, 0.29) is 0 Å². The highest BCUT2D eigenvalue weighted by Gasteiger charge is 2.07. The van der Waals surface area contributed by atoms with E-state index in [1.54, 1.807) is 7.05 Å². The number of ether oxygens (including phenoxy) is 1. The van der Waals surface area contributed by atoms with E-state index in [2.05, 4.69) is 45.9 Å². The van der Waals surface area contributed by atoms with Crippen LogP contribution in [0.4, 0.5) is 0 Å². The lowest BCUT2D eigenvalue weighted by atomic mass is 10.1. The monoisotopic (exact) mass is 330 g/mol. The summed E-state index contributed by atoms with van der Waals surface area (Å²) in [5.74, 6) is 2.40. The summed E-state index contributed by atoms with van der Waals surface area (Å²) in [7, 11) is 1.74. The number of aliphatic imine (C=N–C) groups is 1. The summed E-state index contributed by atoms with van der Waals surface area (Å²) in [6.07, 6.45) is 0.865. The van der Waals surface area contributed by atoms with E-state index in [9.17, 15) is 0 Å². The summed E-state index contributed by atoms with van der Waals surface area (Å²) >= 11 is 0. The third-order valence-corrected chi connectivity index (χ3v) is 3.59. The zero-order valence-electron chi connectivity index (χ0n) is 14.8. The van der Waals surface area contributed by atoms with Crippen LogP contribution in [0.2, 0.25) is 0 Å². The predicted molar refractivity (Wildman–Crippen MR) is 95.3 cm³/mol. The predicted octanol–water partition coefficient (Wildman–Crippen LogP) is 2.81. The van der Waals surface area contributed by atoms with Crippen LogP contribution >= 0.6 is 0 Å². The van der Waals surface area contributed by atoms with Crippen LogP contribution in [-0.4, -0.2) is 24.8 Å². The number of rotatable bonds is 7. The van der Waals surface area contributed by atoms with Crippen molar-refractivity contribution in [3.05, 3.63) is 46.8 Å². The molecule has 1 heterocycles. The number of nitrogens with zero attached hydrogens (tertiary/aromatic N) is 2. The number of benzene rings is 1. The molecule has 0 radical (unpaired) electrons. The van der Waals surface area contributed by atoms with Crippen LogP contribution in [-0.2, 0) is 19.5 Å². The molecule has 24 heavy (non-hydrogen) atoms. The minimum atomic E-state index is 0.541. The number of aryl methyl sites for hydroxylation is 2. The molecule has 1 aromatic carbocycles. The van der Waals surface area contributed by atoms with E-state index < -0.39 is 0 Å².